The van der Waals surface area contributed by atoms with E-state index in [0.717, 1.165) is 29.1 Å². The van der Waals surface area contributed by atoms with Crippen molar-refractivity contribution in [2.45, 2.75) is 32.9 Å². The Bertz CT molecular complexity index is 927. The van der Waals surface area contributed by atoms with E-state index >= 15 is 0 Å². The molecule has 0 fully saturated rings. The highest BCUT2D eigenvalue weighted by atomic mass is 16.2. The number of benzene rings is 2. The van der Waals surface area contributed by atoms with Gasteiger partial charge >= 0.3 is 6.03 Å². The second-order valence-corrected chi connectivity index (χ2v) is 6.72. The summed E-state index contributed by atoms with van der Waals surface area (Å²) in [6.45, 7) is 4.79. The van der Waals surface area contributed by atoms with Gasteiger partial charge in [0.15, 0.2) is 0 Å². The van der Waals surface area contributed by atoms with Crippen LogP contribution in [0.25, 0.3) is 5.69 Å². The van der Waals surface area contributed by atoms with E-state index in [1.807, 2.05) is 35.2 Å². The van der Waals surface area contributed by atoms with Crippen molar-refractivity contribution >= 4 is 11.7 Å². The third-order valence-corrected chi connectivity index (χ3v) is 5.14. The average Bonchev–Trinajstić information content (AvgIpc) is 3.12. The van der Waals surface area contributed by atoms with Gasteiger partial charge in [0.2, 0.25) is 0 Å². The number of para-hydroxylation sites is 1. The van der Waals surface area contributed by atoms with E-state index in [-0.39, 0.29) is 12.1 Å². The first-order valence-corrected chi connectivity index (χ1v) is 9.09. The molecular weight excluding hydrogens is 322 g/mol. The van der Waals surface area contributed by atoms with Crippen molar-refractivity contribution in [1.29, 1.82) is 0 Å². The van der Waals surface area contributed by atoms with Crippen LogP contribution >= 0.6 is 0 Å². The zero-order chi connectivity index (χ0) is 18.1. The van der Waals surface area contributed by atoms with E-state index in [1.54, 1.807) is 0 Å². The lowest BCUT2D eigenvalue weighted by atomic mass is 10.1. The normalized spacial score (nSPS) is 15.8. The van der Waals surface area contributed by atoms with E-state index < -0.39 is 0 Å². The molecule has 0 bridgehead atoms. The Morgan fingerprint density at radius 2 is 1.85 bits per heavy atom. The molecule has 1 N–H and O–H groups in total. The topological polar surface area (TPSA) is 37.3 Å². The molecule has 1 aliphatic rings. The van der Waals surface area contributed by atoms with Crippen molar-refractivity contribution in [3.63, 3.8) is 0 Å². The predicted octanol–water partition coefficient (Wildman–Crippen LogP) is 5.15. The molecule has 1 atom stereocenters. The molecular formula is C22H23N3O. The quantitative estimate of drug-likeness (QED) is 0.685. The zero-order valence-electron chi connectivity index (χ0n) is 15.1. The summed E-state index contributed by atoms with van der Waals surface area (Å²) in [5, 5.41) is 3.05. The fourth-order valence-corrected chi connectivity index (χ4v) is 3.58. The van der Waals surface area contributed by atoms with E-state index in [4.69, 9.17) is 0 Å². The lowest BCUT2D eigenvalue weighted by Crippen LogP contribution is -2.36. The molecule has 4 nitrogen and oxygen atoms in total. The molecule has 2 amide bonds. The van der Waals surface area contributed by atoms with Gasteiger partial charge in [-0.3, -0.25) is 0 Å². The minimum Gasteiger partial charge on any atom is -0.318 e. The van der Waals surface area contributed by atoms with Crippen LogP contribution in [0.4, 0.5) is 10.5 Å². The number of nitrogens with one attached hydrogen (secondary N) is 1. The summed E-state index contributed by atoms with van der Waals surface area (Å²) < 4.78 is 2.18. The zero-order valence-corrected chi connectivity index (χ0v) is 15.1. The van der Waals surface area contributed by atoms with Gasteiger partial charge in [0, 0.05) is 17.6 Å². The Hall–Kier alpha value is -3.01. The van der Waals surface area contributed by atoms with Crippen LogP contribution in [0.2, 0.25) is 0 Å². The van der Waals surface area contributed by atoms with Crippen LogP contribution < -0.4 is 5.32 Å². The van der Waals surface area contributed by atoms with Crippen molar-refractivity contribution < 1.29 is 4.79 Å². The van der Waals surface area contributed by atoms with Crippen molar-refractivity contribution in [2.24, 2.45) is 0 Å². The number of aromatic nitrogens is 1. The molecule has 0 saturated heterocycles. The number of urea groups is 1. The summed E-state index contributed by atoms with van der Waals surface area (Å²) >= 11 is 0. The fraction of sp³-hybridized carbons (Fsp3) is 0.227. The first-order chi connectivity index (χ1) is 12.7. The molecule has 0 saturated carbocycles. The van der Waals surface area contributed by atoms with Crippen molar-refractivity contribution in [2.75, 3.05) is 5.32 Å². The molecule has 0 spiro atoms. The number of anilines is 1. The standard InChI is InChI=1S/C22H23N3O/c1-3-17-10-12-19(13-11-17)23-22(26)25-15-18-7-4-5-8-21(18)24-14-6-9-20(24)16(25)2/h4-14,16H,3,15H2,1-2H3,(H,23,26). The molecule has 1 aromatic heterocycles. The number of fused-ring (bicyclic) bond motifs is 3. The Kier molecular flexibility index (Phi) is 4.25. The Labute approximate surface area is 154 Å². The lowest BCUT2D eigenvalue weighted by molar-refractivity contribution is 0.189. The maximum Gasteiger partial charge on any atom is 0.322 e. The van der Waals surface area contributed by atoms with Crippen LogP contribution in [-0.2, 0) is 13.0 Å². The van der Waals surface area contributed by atoms with Gasteiger partial charge in [-0.15, -0.1) is 0 Å². The van der Waals surface area contributed by atoms with Gasteiger partial charge in [0.05, 0.1) is 18.3 Å². The highest BCUT2D eigenvalue weighted by molar-refractivity contribution is 5.89. The number of aryl methyl sites for hydroxylation is 1. The van der Waals surface area contributed by atoms with Crippen LogP contribution in [-0.4, -0.2) is 15.5 Å². The highest BCUT2D eigenvalue weighted by Gasteiger charge is 2.28. The average molecular weight is 345 g/mol. The Morgan fingerprint density at radius 3 is 2.62 bits per heavy atom. The SMILES string of the molecule is CCc1ccc(NC(=O)N2Cc3ccccc3-n3cccc3C2C)cc1. The third kappa shape index (κ3) is 2.88. The maximum absolute atomic E-state index is 13.0. The molecule has 0 aliphatic carbocycles. The number of carbonyl (C=O) groups excluding carboxylic acids is 1. The number of hydrogen-bond donors (Lipinski definition) is 1. The number of amides is 2. The van der Waals surface area contributed by atoms with Crippen LogP contribution in [0.5, 0.6) is 0 Å². The summed E-state index contributed by atoms with van der Waals surface area (Å²) in [7, 11) is 0. The molecule has 132 valence electrons. The van der Waals surface area contributed by atoms with E-state index in [1.165, 1.54) is 5.56 Å². The van der Waals surface area contributed by atoms with Crippen LogP contribution in [0, 0.1) is 0 Å². The summed E-state index contributed by atoms with van der Waals surface area (Å²) in [6, 6.07) is 20.3. The van der Waals surface area contributed by atoms with E-state index in [9.17, 15) is 4.79 Å². The Balaban J connectivity index is 1.65. The second kappa shape index (κ2) is 6.71. The smallest absolute Gasteiger partial charge is 0.318 e. The van der Waals surface area contributed by atoms with Gasteiger partial charge in [-0.1, -0.05) is 37.3 Å². The van der Waals surface area contributed by atoms with Crippen molar-refractivity contribution in [1.82, 2.24) is 9.47 Å². The van der Waals surface area contributed by atoms with Gasteiger partial charge in [-0.25, -0.2) is 4.79 Å². The van der Waals surface area contributed by atoms with Gasteiger partial charge in [0.1, 0.15) is 0 Å². The molecule has 2 aromatic carbocycles. The van der Waals surface area contributed by atoms with Crippen LogP contribution in [0.3, 0.4) is 0 Å². The predicted molar refractivity (Wildman–Crippen MR) is 105 cm³/mol. The minimum atomic E-state index is -0.0776. The molecule has 0 radical (unpaired) electrons. The fourth-order valence-electron chi connectivity index (χ4n) is 3.58. The van der Waals surface area contributed by atoms with Crippen LogP contribution in [0.15, 0.2) is 66.9 Å². The monoisotopic (exact) mass is 345 g/mol. The number of carbonyl (C=O) groups is 1. The molecule has 4 heteroatoms. The third-order valence-electron chi connectivity index (χ3n) is 5.14. The maximum atomic E-state index is 13.0. The summed E-state index contributed by atoms with van der Waals surface area (Å²) in [5.74, 6) is 0. The van der Waals surface area contributed by atoms with Crippen molar-refractivity contribution in [3.8, 4) is 5.69 Å². The van der Waals surface area contributed by atoms with Crippen molar-refractivity contribution in [3.05, 3.63) is 83.7 Å². The van der Waals surface area contributed by atoms with E-state index in [2.05, 4.69) is 60.3 Å². The summed E-state index contributed by atoms with van der Waals surface area (Å²) in [5.41, 5.74) is 5.49. The highest BCUT2D eigenvalue weighted by Crippen LogP contribution is 2.32. The molecule has 4 rings (SSSR count). The number of hydrogen-bond acceptors (Lipinski definition) is 1. The van der Waals surface area contributed by atoms with Gasteiger partial charge < -0.3 is 14.8 Å². The van der Waals surface area contributed by atoms with Gasteiger partial charge in [0.25, 0.3) is 0 Å². The first kappa shape index (κ1) is 16.5. The second-order valence-electron chi connectivity index (χ2n) is 6.72. The molecule has 2 heterocycles. The van der Waals surface area contributed by atoms with Crippen LogP contribution in [0.1, 0.15) is 36.7 Å². The Morgan fingerprint density at radius 1 is 1.08 bits per heavy atom. The minimum absolute atomic E-state index is 0.0210. The summed E-state index contributed by atoms with van der Waals surface area (Å²) in [6.07, 6.45) is 3.06. The lowest BCUT2D eigenvalue weighted by Gasteiger charge is -2.27. The first-order valence-electron chi connectivity index (χ1n) is 9.09. The van der Waals surface area contributed by atoms with Gasteiger partial charge in [-0.05, 0) is 54.8 Å². The molecule has 1 aliphatic heterocycles. The van der Waals surface area contributed by atoms with E-state index in [0.29, 0.717) is 6.54 Å². The summed E-state index contributed by atoms with van der Waals surface area (Å²) in [4.78, 5) is 14.9. The van der Waals surface area contributed by atoms with Gasteiger partial charge in [-0.2, -0.15) is 0 Å². The molecule has 1 unspecified atom stereocenters. The molecule has 3 aromatic rings. The largest absolute Gasteiger partial charge is 0.322 e. The number of rotatable bonds is 2. The molecule has 26 heavy (non-hydrogen) atoms. The number of nitrogens with zero attached hydrogens (tertiary/aromatic N) is 2.